The minimum atomic E-state index is -0.959. The zero-order valence-electron chi connectivity index (χ0n) is 13.5. The monoisotopic (exact) mass is 316 g/mol. The van der Waals surface area contributed by atoms with Gasteiger partial charge in [-0.1, -0.05) is 12.1 Å². The molecule has 0 aliphatic carbocycles. The Morgan fingerprint density at radius 1 is 1.30 bits per heavy atom. The van der Waals surface area contributed by atoms with Gasteiger partial charge in [0.1, 0.15) is 17.4 Å². The van der Waals surface area contributed by atoms with E-state index in [4.69, 9.17) is 14.7 Å². The molecule has 0 saturated heterocycles. The van der Waals surface area contributed by atoms with E-state index < -0.39 is 18.0 Å². The summed E-state index contributed by atoms with van der Waals surface area (Å²) in [6.45, 7) is 6.09. The van der Waals surface area contributed by atoms with E-state index >= 15 is 0 Å². The largest absolute Gasteiger partial charge is 0.494 e. The first-order chi connectivity index (χ1) is 11.0. The highest BCUT2D eigenvalue weighted by molar-refractivity contribution is 5.99. The van der Waals surface area contributed by atoms with Crippen LogP contribution in [0.1, 0.15) is 26.3 Å². The molecule has 1 N–H and O–H groups in total. The SMILES string of the molecule is CCNC(=O)[C@@H](C)OC(=O)/C(C#N)=C/c1ccc(OCC)cc1. The number of amides is 1. The topological polar surface area (TPSA) is 88.4 Å². The number of carbonyl (C=O) groups is 2. The Morgan fingerprint density at radius 2 is 1.96 bits per heavy atom. The van der Waals surface area contributed by atoms with Gasteiger partial charge in [0, 0.05) is 6.54 Å². The van der Waals surface area contributed by atoms with Crippen molar-refractivity contribution in [2.75, 3.05) is 13.2 Å². The lowest BCUT2D eigenvalue weighted by atomic mass is 10.1. The standard InChI is InChI=1S/C17H20N2O4/c1-4-19-16(20)12(3)23-17(21)14(11-18)10-13-6-8-15(9-7-13)22-5-2/h6-10,12H,4-5H2,1-3H3,(H,19,20)/b14-10+/t12-/m1/s1. The second-order valence-corrected chi connectivity index (χ2v) is 4.61. The molecule has 1 amide bonds. The lowest BCUT2D eigenvalue weighted by molar-refractivity contribution is -0.150. The van der Waals surface area contributed by atoms with E-state index in [1.807, 2.05) is 6.92 Å². The molecule has 6 heteroatoms. The van der Waals surface area contributed by atoms with Gasteiger partial charge in [-0.15, -0.1) is 0 Å². The molecule has 122 valence electrons. The van der Waals surface area contributed by atoms with E-state index in [1.165, 1.54) is 13.0 Å². The lowest BCUT2D eigenvalue weighted by Crippen LogP contribution is -2.35. The molecule has 0 aromatic heterocycles. The number of hydrogen-bond acceptors (Lipinski definition) is 5. The number of benzene rings is 1. The predicted molar refractivity (Wildman–Crippen MR) is 85.4 cm³/mol. The van der Waals surface area contributed by atoms with Crippen LogP contribution >= 0.6 is 0 Å². The number of ether oxygens (including phenoxy) is 2. The number of carbonyl (C=O) groups excluding carboxylic acids is 2. The molecule has 0 bridgehead atoms. The molecular formula is C17H20N2O4. The smallest absolute Gasteiger partial charge is 0.349 e. The molecule has 23 heavy (non-hydrogen) atoms. The van der Waals surface area contributed by atoms with Gasteiger partial charge in [-0.2, -0.15) is 5.26 Å². The van der Waals surface area contributed by atoms with Crippen LogP contribution in [0.4, 0.5) is 0 Å². The highest BCUT2D eigenvalue weighted by Gasteiger charge is 2.19. The van der Waals surface area contributed by atoms with Crippen LogP contribution in [0.3, 0.4) is 0 Å². The van der Waals surface area contributed by atoms with E-state index in [9.17, 15) is 9.59 Å². The fraction of sp³-hybridized carbons (Fsp3) is 0.353. The third kappa shape index (κ3) is 5.83. The average Bonchev–Trinajstić information content (AvgIpc) is 2.54. The van der Waals surface area contributed by atoms with E-state index in [0.29, 0.717) is 24.5 Å². The molecule has 1 rings (SSSR count). The molecule has 0 saturated carbocycles. The number of nitrogens with one attached hydrogen (secondary N) is 1. The summed E-state index contributed by atoms with van der Waals surface area (Å²) < 4.78 is 10.3. The summed E-state index contributed by atoms with van der Waals surface area (Å²) in [5, 5.41) is 11.7. The van der Waals surface area contributed by atoms with Gasteiger partial charge < -0.3 is 14.8 Å². The molecule has 1 atom stereocenters. The molecule has 1 aromatic carbocycles. The van der Waals surface area contributed by atoms with Gasteiger partial charge in [-0.05, 0) is 44.5 Å². The van der Waals surface area contributed by atoms with E-state index in [1.54, 1.807) is 37.3 Å². The maximum absolute atomic E-state index is 11.9. The summed E-state index contributed by atoms with van der Waals surface area (Å²) in [4.78, 5) is 23.5. The van der Waals surface area contributed by atoms with Crippen LogP contribution in [0.25, 0.3) is 6.08 Å². The van der Waals surface area contributed by atoms with Gasteiger partial charge in [0.2, 0.25) is 0 Å². The number of esters is 1. The van der Waals surface area contributed by atoms with Gasteiger partial charge in [0.15, 0.2) is 6.10 Å². The molecule has 0 radical (unpaired) electrons. The molecule has 0 unspecified atom stereocenters. The quantitative estimate of drug-likeness (QED) is 0.472. The van der Waals surface area contributed by atoms with Gasteiger partial charge in [-0.3, -0.25) is 4.79 Å². The molecule has 6 nitrogen and oxygen atoms in total. The summed E-state index contributed by atoms with van der Waals surface area (Å²) in [5.41, 5.74) is 0.484. The van der Waals surface area contributed by atoms with Crippen LogP contribution < -0.4 is 10.1 Å². The predicted octanol–water partition coefficient (Wildman–Crippen LogP) is 2.06. The van der Waals surface area contributed by atoms with Crippen molar-refractivity contribution in [2.45, 2.75) is 26.9 Å². The lowest BCUT2D eigenvalue weighted by Gasteiger charge is -2.12. The van der Waals surface area contributed by atoms with Crippen LogP contribution in [0, 0.1) is 11.3 Å². The average molecular weight is 316 g/mol. The Balaban J connectivity index is 2.80. The van der Waals surface area contributed by atoms with Crippen LogP contribution in [0.5, 0.6) is 5.75 Å². The summed E-state index contributed by atoms with van der Waals surface area (Å²) in [5.74, 6) is -0.532. The Morgan fingerprint density at radius 3 is 2.48 bits per heavy atom. The molecule has 0 spiro atoms. The van der Waals surface area contributed by atoms with Crippen molar-refractivity contribution in [3.63, 3.8) is 0 Å². The number of hydrogen-bond donors (Lipinski definition) is 1. The van der Waals surface area contributed by atoms with Crippen molar-refractivity contribution in [1.29, 1.82) is 5.26 Å². The zero-order chi connectivity index (χ0) is 17.2. The van der Waals surface area contributed by atoms with Crippen molar-refractivity contribution < 1.29 is 19.1 Å². The van der Waals surface area contributed by atoms with E-state index in [-0.39, 0.29) is 5.57 Å². The molecule has 0 aliphatic rings. The van der Waals surface area contributed by atoms with Crippen LogP contribution in [-0.4, -0.2) is 31.1 Å². The van der Waals surface area contributed by atoms with Gasteiger partial charge >= 0.3 is 5.97 Å². The first-order valence-electron chi connectivity index (χ1n) is 7.35. The fourth-order valence-corrected chi connectivity index (χ4v) is 1.73. The van der Waals surface area contributed by atoms with Gasteiger partial charge in [-0.25, -0.2) is 4.79 Å². The van der Waals surface area contributed by atoms with Crippen LogP contribution in [-0.2, 0) is 14.3 Å². The Hall–Kier alpha value is -2.81. The molecule has 1 aromatic rings. The van der Waals surface area contributed by atoms with E-state index in [2.05, 4.69) is 5.32 Å². The normalized spacial score (nSPS) is 12.0. The number of rotatable bonds is 7. The minimum absolute atomic E-state index is 0.176. The number of nitrogens with zero attached hydrogens (tertiary/aromatic N) is 1. The third-order valence-electron chi connectivity index (χ3n) is 2.85. The fourth-order valence-electron chi connectivity index (χ4n) is 1.73. The molecule has 0 heterocycles. The maximum atomic E-state index is 11.9. The highest BCUT2D eigenvalue weighted by atomic mass is 16.5. The summed E-state index contributed by atoms with van der Waals surface area (Å²) in [6, 6.07) is 8.73. The van der Waals surface area contributed by atoms with Crippen molar-refractivity contribution in [3.05, 3.63) is 35.4 Å². The Kier molecular flexibility index (Phi) is 7.34. The summed E-state index contributed by atoms with van der Waals surface area (Å²) in [7, 11) is 0. The Labute approximate surface area is 135 Å². The molecular weight excluding hydrogens is 296 g/mol. The van der Waals surface area contributed by atoms with Crippen LogP contribution in [0.2, 0.25) is 0 Å². The van der Waals surface area contributed by atoms with Crippen molar-refractivity contribution in [3.8, 4) is 11.8 Å². The molecule has 0 aliphatic heterocycles. The van der Waals surface area contributed by atoms with Crippen molar-refractivity contribution in [1.82, 2.24) is 5.32 Å². The minimum Gasteiger partial charge on any atom is -0.494 e. The first-order valence-corrected chi connectivity index (χ1v) is 7.35. The second kappa shape index (κ2) is 9.26. The van der Waals surface area contributed by atoms with E-state index in [0.717, 1.165) is 0 Å². The highest BCUT2D eigenvalue weighted by Crippen LogP contribution is 2.15. The first kappa shape index (κ1) is 18.2. The van der Waals surface area contributed by atoms with Gasteiger partial charge in [0.25, 0.3) is 5.91 Å². The second-order valence-electron chi connectivity index (χ2n) is 4.61. The number of likely N-dealkylation sites (N-methyl/N-ethyl adjacent to an activating group) is 1. The van der Waals surface area contributed by atoms with Crippen molar-refractivity contribution in [2.24, 2.45) is 0 Å². The summed E-state index contributed by atoms with van der Waals surface area (Å²) >= 11 is 0. The zero-order valence-corrected chi connectivity index (χ0v) is 13.5. The maximum Gasteiger partial charge on any atom is 0.349 e. The summed E-state index contributed by atoms with van der Waals surface area (Å²) in [6.07, 6.45) is 0.446. The number of nitriles is 1. The Bertz CT molecular complexity index is 614. The van der Waals surface area contributed by atoms with Crippen LogP contribution in [0.15, 0.2) is 29.8 Å². The van der Waals surface area contributed by atoms with Gasteiger partial charge in [0.05, 0.1) is 6.61 Å². The third-order valence-corrected chi connectivity index (χ3v) is 2.85. The van der Waals surface area contributed by atoms with Crippen molar-refractivity contribution >= 4 is 18.0 Å². The molecule has 0 fully saturated rings.